The first-order valence-corrected chi connectivity index (χ1v) is 8.87. The molecule has 0 N–H and O–H groups in total. The molecule has 0 radical (unpaired) electrons. The second kappa shape index (κ2) is 6.73. The van der Waals surface area contributed by atoms with Crippen molar-refractivity contribution in [2.45, 2.75) is 31.2 Å². The van der Waals surface area contributed by atoms with Crippen molar-refractivity contribution in [3.8, 4) is 0 Å². The number of nitrogens with zero attached hydrogens (tertiary/aromatic N) is 2. The summed E-state index contributed by atoms with van der Waals surface area (Å²) in [5.41, 5.74) is 0.680. The van der Waals surface area contributed by atoms with Crippen LogP contribution in [0.5, 0.6) is 0 Å². The van der Waals surface area contributed by atoms with Crippen molar-refractivity contribution in [3.63, 3.8) is 0 Å². The van der Waals surface area contributed by atoms with Crippen molar-refractivity contribution in [1.29, 1.82) is 0 Å². The number of rotatable bonds is 6. The first kappa shape index (κ1) is 16.2. The summed E-state index contributed by atoms with van der Waals surface area (Å²) < 4.78 is 27.4. The smallest absolute Gasteiger partial charge is 0.243 e. The van der Waals surface area contributed by atoms with E-state index in [1.165, 1.54) is 4.31 Å². The van der Waals surface area contributed by atoms with Gasteiger partial charge in [-0.25, -0.2) is 8.42 Å². The van der Waals surface area contributed by atoms with E-state index in [4.69, 9.17) is 11.6 Å². The molecule has 1 heterocycles. The molecule has 1 aromatic heterocycles. The monoisotopic (exact) mass is 326 g/mol. The summed E-state index contributed by atoms with van der Waals surface area (Å²) in [6.07, 6.45) is 2.29. The van der Waals surface area contributed by atoms with Gasteiger partial charge in [-0.3, -0.25) is 4.98 Å². The Morgan fingerprint density at radius 1 is 1.24 bits per heavy atom. The van der Waals surface area contributed by atoms with Crippen molar-refractivity contribution in [1.82, 2.24) is 9.29 Å². The van der Waals surface area contributed by atoms with Gasteiger partial charge in [-0.05, 0) is 44.5 Å². The number of hydrogen-bond donors (Lipinski definition) is 0. The van der Waals surface area contributed by atoms with E-state index < -0.39 is 10.0 Å². The zero-order chi connectivity index (χ0) is 15.5. The second-order valence-corrected chi connectivity index (χ2v) is 7.32. The quantitative estimate of drug-likeness (QED) is 0.766. The maximum absolute atomic E-state index is 12.9. The molecular weight excluding hydrogens is 308 g/mol. The standard InChI is InChI=1S/C15H19ClN2O2S/c1-12(2)18(11-5-9-16)21(19,20)15-8-3-7-14-13(15)6-4-10-17-14/h3-4,6-8,10,12H,5,9,11H2,1-2H3. The van der Waals surface area contributed by atoms with Gasteiger partial charge in [0.05, 0.1) is 10.4 Å². The van der Waals surface area contributed by atoms with Gasteiger partial charge in [-0.1, -0.05) is 6.07 Å². The number of aromatic nitrogens is 1. The van der Waals surface area contributed by atoms with Crippen LogP contribution in [0.4, 0.5) is 0 Å². The van der Waals surface area contributed by atoms with E-state index in [0.717, 1.165) is 0 Å². The second-order valence-electron chi connectivity index (χ2n) is 5.08. The summed E-state index contributed by atoms with van der Waals surface area (Å²) in [6, 6.07) is 8.59. The number of halogens is 1. The molecule has 0 amide bonds. The molecule has 0 aliphatic carbocycles. The van der Waals surface area contributed by atoms with Crippen molar-refractivity contribution >= 4 is 32.5 Å². The Bertz CT molecular complexity index is 711. The number of benzene rings is 1. The Labute approximate surface area is 130 Å². The highest BCUT2D eigenvalue weighted by molar-refractivity contribution is 7.89. The molecule has 6 heteroatoms. The lowest BCUT2D eigenvalue weighted by molar-refractivity contribution is 0.355. The highest BCUT2D eigenvalue weighted by Gasteiger charge is 2.28. The maximum atomic E-state index is 12.9. The van der Waals surface area contributed by atoms with E-state index >= 15 is 0 Å². The van der Waals surface area contributed by atoms with E-state index in [-0.39, 0.29) is 6.04 Å². The first-order valence-electron chi connectivity index (χ1n) is 6.90. The topological polar surface area (TPSA) is 50.3 Å². The van der Waals surface area contributed by atoms with E-state index in [1.807, 2.05) is 19.9 Å². The highest BCUT2D eigenvalue weighted by atomic mass is 35.5. The number of hydrogen-bond acceptors (Lipinski definition) is 3. The van der Waals surface area contributed by atoms with Crippen molar-refractivity contribution < 1.29 is 8.42 Å². The van der Waals surface area contributed by atoms with Crippen LogP contribution < -0.4 is 0 Å². The van der Waals surface area contributed by atoms with Gasteiger partial charge >= 0.3 is 0 Å². The predicted molar refractivity (Wildman–Crippen MR) is 86.1 cm³/mol. The minimum absolute atomic E-state index is 0.120. The summed E-state index contributed by atoms with van der Waals surface area (Å²) in [4.78, 5) is 4.52. The fourth-order valence-electron chi connectivity index (χ4n) is 2.30. The molecule has 0 fully saturated rings. The molecule has 2 aromatic rings. The highest BCUT2D eigenvalue weighted by Crippen LogP contribution is 2.25. The maximum Gasteiger partial charge on any atom is 0.243 e. The van der Waals surface area contributed by atoms with Gasteiger partial charge in [0.2, 0.25) is 10.0 Å². The molecule has 0 aliphatic heterocycles. The minimum Gasteiger partial charge on any atom is -0.256 e. The normalized spacial score (nSPS) is 12.4. The van der Waals surface area contributed by atoms with Crippen LogP contribution in [0.3, 0.4) is 0 Å². The third-order valence-corrected chi connectivity index (χ3v) is 5.68. The molecule has 0 atom stereocenters. The Kier molecular flexibility index (Phi) is 5.19. The van der Waals surface area contributed by atoms with E-state index in [1.54, 1.807) is 30.5 Å². The Morgan fingerprint density at radius 3 is 2.67 bits per heavy atom. The Morgan fingerprint density at radius 2 is 2.00 bits per heavy atom. The van der Waals surface area contributed by atoms with Crippen LogP contribution in [-0.2, 0) is 10.0 Å². The van der Waals surface area contributed by atoms with Gasteiger partial charge < -0.3 is 0 Å². The molecule has 0 bridgehead atoms. The van der Waals surface area contributed by atoms with Crippen molar-refractivity contribution in [2.24, 2.45) is 0 Å². The molecule has 1 aromatic carbocycles. The fraction of sp³-hybridized carbons (Fsp3) is 0.400. The molecule has 21 heavy (non-hydrogen) atoms. The van der Waals surface area contributed by atoms with Gasteiger partial charge in [-0.2, -0.15) is 4.31 Å². The summed E-state index contributed by atoms with van der Waals surface area (Å²) in [5.74, 6) is 0.440. The molecule has 2 rings (SSSR count). The van der Waals surface area contributed by atoms with Crippen molar-refractivity contribution in [2.75, 3.05) is 12.4 Å². The Balaban J connectivity index is 2.54. The Hall–Kier alpha value is -1.17. The molecule has 4 nitrogen and oxygen atoms in total. The third-order valence-electron chi connectivity index (χ3n) is 3.28. The van der Waals surface area contributed by atoms with Crippen LogP contribution in [0.25, 0.3) is 10.9 Å². The summed E-state index contributed by atoms with van der Waals surface area (Å²) in [5, 5.41) is 0.650. The largest absolute Gasteiger partial charge is 0.256 e. The average Bonchev–Trinajstić information content (AvgIpc) is 2.46. The van der Waals surface area contributed by atoms with Crippen LogP contribution in [0.2, 0.25) is 0 Å². The molecular formula is C15H19ClN2O2S. The molecule has 0 saturated carbocycles. The van der Waals surface area contributed by atoms with Gasteiger partial charge in [0.15, 0.2) is 0 Å². The first-order chi connectivity index (χ1) is 9.98. The molecule has 0 spiro atoms. The van der Waals surface area contributed by atoms with Crippen LogP contribution in [0.1, 0.15) is 20.3 Å². The van der Waals surface area contributed by atoms with Crippen LogP contribution >= 0.6 is 11.6 Å². The number of alkyl halides is 1. The van der Waals surface area contributed by atoms with E-state index in [2.05, 4.69) is 4.98 Å². The molecule has 114 valence electrons. The predicted octanol–water partition coefficient (Wildman–Crippen LogP) is 3.26. The average molecular weight is 327 g/mol. The fourth-order valence-corrected chi connectivity index (χ4v) is 4.30. The number of fused-ring (bicyclic) bond motifs is 1. The van der Waals surface area contributed by atoms with E-state index in [0.29, 0.717) is 34.6 Å². The van der Waals surface area contributed by atoms with Gasteiger partial charge in [0.1, 0.15) is 0 Å². The number of sulfonamides is 1. The lowest BCUT2D eigenvalue weighted by Crippen LogP contribution is -2.38. The number of pyridine rings is 1. The van der Waals surface area contributed by atoms with Gasteiger partial charge in [0, 0.05) is 30.0 Å². The molecule has 0 aliphatic rings. The lowest BCUT2D eigenvalue weighted by Gasteiger charge is -2.26. The zero-order valence-corrected chi connectivity index (χ0v) is 13.7. The minimum atomic E-state index is -3.56. The van der Waals surface area contributed by atoms with Crippen LogP contribution in [-0.4, -0.2) is 36.2 Å². The SMILES string of the molecule is CC(C)N(CCCCl)S(=O)(=O)c1cccc2ncccc12. The summed E-state index contributed by atoms with van der Waals surface area (Å²) in [6.45, 7) is 4.16. The summed E-state index contributed by atoms with van der Waals surface area (Å²) in [7, 11) is -3.56. The van der Waals surface area contributed by atoms with Gasteiger partial charge in [-0.15, -0.1) is 11.6 Å². The van der Waals surface area contributed by atoms with Gasteiger partial charge in [0.25, 0.3) is 0 Å². The molecule has 0 unspecified atom stereocenters. The lowest BCUT2D eigenvalue weighted by atomic mass is 10.2. The summed E-state index contributed by atoms with van der Waals surface area (Å²) >= 11 is 5.71. The zero-order valence-electron chi connectivity index (χ0n) is 12.2. The van der Waals surface area contributed by atoms with Crippen LogP contribution in [0, 0.1) is 0 Å². The van der Waals surface area contributed by atoms with Crippen LogP contribution in [0.15, 0.2) is 41.4 Å². The molecule has 0 saturated heterocycles. The van der Waals surface area contributed by atoms with Crippen molar-refractivity contribution in [3.05, 3.63) is 36.5 Å². The third kappa shape index (κ3) is 3.36. The van der Waals surface area contributed by atoms with E-state index in [9.17, 15) is 8.42 Å².